The number of hydrogen-bond donors (Lipinski definition) is 1. The topological polar surface area (TPSA) is 32.3 Å². The molecule has 156 valence electrons. The van der Waals surface area contributed by atoms with E-state index in [2.05, 4.69) is 30.4 Å². The molecule has 0 saturated heterocycles. The smallest absolute Gasteiger partial charge is 0.320 e. The summed E-state index contributed by atoms with van der Waals surface area (Å²) in [6.45, 7) is 7.09. The highest BCUT2D eigenvalue weighted by Gasteiger charge is 2.17. The largest absolute Gasteiger partial charge is 0.322 e. The van der Waals surface area contributed by atoms with Gasteiger partial charge in [0, 0.05) is 28.8 Å². The number of nitrogens with zero attached hydrogens (tertiary/aromatic N) is 1. The maximum Gasteiger partial charge on any atom is 0.322 e. The fraction of sp³-hybridized carbons (Fsp3) is 0.240. The molecule has 5 heteroatoms. The van der Waals surface area contributed by atoms with Gasteiger partial charge in [-0.15, -0.1) is 0 Å². The first-order chi connectivity index (χ1) is 14.3. The van der Waals surface area contributed by atoms with Crippen LogP contribution in [0.1, 0.15) is 27.8 Å². The van der Waals surface area contributed by atoms with Gasteiger partial charge in [0.25, 0.3) is 0 Å². The maximum absolute atomic E-state index is 13.2. The van der Waals surface area contributed by atoms with Gasteiger partial charge in [0.1, 0.15) is 0 Å². The van der Waals surface area contributed by atoms with Crippen LogP contribution in [0, 0.1) is 20.8 Å². The Morgan fingerprint density at radius 1 is 0.900 bits per heavy atom. The first-order valence-corrected chi connectivity index (χ1v) is 10.7. The molecular formula is C25H26Cl2N2O. The van der Waals surface area contributed by atoms with Crippen LogP contribution in [0.15, 0.2) is 60.7 Å². The van der Waals surface area contributed by atoms with E-state index in [0.717, 1.165) is 28.8 Å². The van der Waals surface area contributed by atoms with Crippen LogP contribution < -0.4 is 5.32 Å². The Balaban J connectivity index is 1.81. The van der Waals surface area contributed by atoms with Crippen LogP contribution in [0.2, 0.25) is 10.0 Å². The first-order valence-electron chi connectivity index (χ1n) is 9.95. The summed E-state index contributed by atoms with van der Waals surface area (Å²) < 4.78 is 0. The third-order valence-corrected chi connectivity index (χ3v) is 5.79. The highest BCUT2D eigenvalue weighted by Crippen LogP contribution is 2.23. The van der Waals surface area contributed by atoms with Gasteiger partial charge in [-0.3, -0.25) is 0 Å². The molecule has 30 heavy (non-hydrogen) atoms. The third-order valence-electron chi connectivity index (χ3n) is 5.20. The Morgan fingerprint density at radius 3 is 2.37 bits per heavy atom. The number of amides is 2. The summed E-state index contributed by atoms with van der Waals surface area (Å²) >= 11 is 12.4. The number of halogens is 2. The molecule has 2 amide bonds. The quantitative estimate of drug-likeness (QED) is 0.431. The monoisotopic (exact) mass is 440 g/mol. The highest BCUT2D eigenvalue weighted by atomic mass is 35.5. The van der Waals surface area contributed by atoms with E-state index in [1.807, 2.05) is 44.2 Å². The van der Waals surface area contributed by atoms with E-state index in [0.29, 0.717) is 23.1 Å². The molecule has 0 atom stereocenters. The number of nitrogens with one attached hydrogen (secondary N) is 1. The third kappa shape index (κ3) is 5.78. The molecule has 3 aromatic carbocycles. The molecule has 0 aromatic heterocycles. The van der Waals surface area contributed by atoms with Gasteiger partial charge in [-0.2, -0.15) is 0 Å². The predicted molar refractivity (Wildman–Crippen MR) is 127 cm³/mol. The van der Waals surface area contributed by atoms with Crippen molar-refractivity contribution in [1.29, 1.82) is 0 Å². The van der Waals surface area contributed by atoms with Gasteiger partial charge in [-0.1, -0.05) is 71.2 Å². The molecule has 0 aliphatic carbocycles. The standard InChI is InChI=1S/C25H26Cl2N2O/c1-17-8-11-24(19(3)14-17)28-25(30)29(13-12-20-7-5-4-6-18(20)2)16-21-9-10-22(26)15-23(21)27/h4-11,14-15H,12-13,16H2,1-3H3,(H,28,30). The van der Waals surface area contributed by atoms with Crippen LogP contribution in [-0.2, 0) is 13.0 Å². The van der Waals surface area contributed by atoms with Crippen molar-refractivity contribution in [2.75, 3.05) is 11.9 Å². The minimum Gasteiger partial charge on any atom is -0.320 e. The van der Waals surface area contributed by atoms with Crippen molar-refractivity contribution >= 4 is 34.9 Å². The average Bonchev–Trinajstić information content (AvgIpc) is 2.70. The Labute approximate surface area is 188 Å². The molecule has 0 fully saturated rings. The van der Waals surface area contributed by atoms with Gasteiger partial charge in [0.2, 0.25) is 0 Å². The molecule has 0 radical (unpaired) electrons. The van der Waals surface area contributed by atoms with Crippen LogP contribution in [0.3, 0.4) is 0 Å². The lowest BCUT2D eigenvalue weighted by atomic mass is 10.1. The number of urea groups is 1. The zero-order valence-corrected chi connectivity index (χ0v) is 19.0. The van der Waals surface area contributed by atoms with E-state index in [1.165, 1.54) is 11.1 Å². The van der Waals surface area contributed by atoms with Crippen molar-refractivity contribution in [1.82, 2.24) is 4.90 Å². The van der Waals surface area contributed by atoms with Crippen molar-refractivity contribution < 1.29 is 4.79 Å². The summed E-state index contributed by atoms with van der Waals surface area (Å²) in [5.41, 5.74) is 6.32. The summed E-state index contributed by atoms with van der Waals surface area (Å²) in [5.74, 6) is 0. The van der Waals surface area contributed by atoms with Gasteiger partial charge in [0.15, 0.2) is 0 Å². The second kappa shape index (κ2) is 10.0. The fourth-order valence-electron chi connectivity index (χ4n) is 3.40. The van der Waals surface area contributed by atoms with Gasteiger partial charge >= 0.3 is 6.03 Å². The lowest BCUT2D eigenvalue weighted by molar-refractivity contribution is 0.210. The molecule has 0 aliphatic heterocycles. The number of benzene rings is 3. The highest BCUT2D eigenvalue weighted by molar-refractivity contribution is 6.35. The molecule has 3 rings (SSSR count). The van der Waals surface area contributed by atoms with E-state index in [1.54, 1.807) is 17.0 Å². The molecule has 0 saturated carbocycles. The van der Waals surface area contributed by atoms with Crippen LogP contribution >= 0.6 is 23.2 Å². The predicted octanol–water partition coefficient (Wildman–Crippen LogP) is 7.20. The van der Waals surface area contributed by atoms with Crippen molar-refractivity contribution in [3.8, 4) is 0 Å². The minimum atomic E-state index is -0.151. The molecule has 0 unspecified atom stereocenters. The number of carbonyl (C=O) groups excluding carboxylic acids is 1. The number of hydrogen-bond acceptors (Lipinski definition) is 1. The molecular weight excluding hydrogens is 415 g/mol. The average molecular weight is 441 g/mol. The molecule has 0 bridgehead atoms. The first kappa shape index (κ1) is 22.2. The fourth-order valence-corrected chi connectivity index (χ4v) is 3.87. The molecule has 0 spiro atoms. The van der Waals surface area contributed by atoms with Crippen LogP contribution in [0.25, 0.3) is 0 Å². The molecule has 3 nitrogen and oxygen atoms in total. The normalized spacial score (nSPS) is 10.7. The van der Waals surface area contributed by atoms with E-state index in [9.17, 15) is 4.79 Å². The van der Waals surface area contributed by atoms with E-state index < -0.39 is 0 Å². The molecule has 1 N–H and O–H groups in total. The van der Waals surface area contributed by atoms with Crippen molar-refractivity contribution in [3.63, 3.8) is 0 Å². The van der Waals surface area contributed by atoms with Gasteiger partial charge in [-0.25, -0.2) is 4.79 Å². The summed E-state index contributed by atoms with van der Waals surface area (Å²) in [4.78, 5) is 15.0. The second-order valence-corrected chi connectivity index (χ2v) is 8.43. The Hall–Kier alpha value is -2.49. The molecule has 0 heterocycles. The lowest BCUT2D eigenvalue weighted by Crippen LogP contribution is -2.36. The summed E-state index contributed by atoms with van der Waals surface area (Å²) in [6.07, 6.45) is 0.762. The van der Waals surface area contributed by atoms with E-state index in [-0.39, 0.29) is 6.03 Å². The molecule has 0 aliphatic rings. The number of aryl methyl sites for hydroxylation is 3. The maximum atomic E-state index is 13.2. The van der Waals surface area contributed by atoms with Gasteiger partial charge < -0.3 is 10.2 Å². The van der Waals surface area contributed by atoms with Crippen molar-refractivity contribution in [3.05, 3.63) is 98.5 Å². The van der Waals surface area contributed by atoms with Gasteiger partial charge in [-0.05, 0) is 67.6 Å². The Morgan fingerprint density at radius 2 is 1.67 bits per heavy atom. The van der Waals surface area contributed by atoms with E-state index >= 15 is 0 Å². The van der Waals surface area contributed by atoms with Crippen LogP contribution in [0.5, 0.6) is 0 Å². The molecule has 3 aromatic rings. The minimum absolute atomic E-state index is 0.151. The number of carbonyl (C=O) groups is 1. The van der Waals surface area contributed by atoms with Crippen LogP contribution in [-0.4, -0.2) is 17.5 Å². The van der Waals surface area contributed by atoms with Crippen molar-refractivity contribution in [2.45, 2.75) is 33.7 Å². The number of anilines is 1. The zero-order chi connectivity index (χ0) is 21.7. The van der Waals surface area contributed by atoms with Crippen LogP contribution in [0.4, 0.5) is 10.5 Å². The van der Waals surface area contributed by atoms with E-state index in [4.69, 9.17) is 23.2 Å². The lowest BCUT2D eigenvalue weighted by Gasteiger charge is -2.25. The zero-order valence-electron chi connectivity index (χ0n) is 17.5. The number of rotatable bonds is 6. The summed E-state index contributed by atoms with van der Waals surface area (Å²) in [6, 6.07) is 19.5. The SMILES string of the molecule is Cc1ccc(NC(=O)N(CCc2ccccc2C)Cc2ccc(Cl)cc2Cl)c(C)c1. The second-order valence-electron chi connectivity index (χ2n) is 7.58. The van der Waals surface area contributed by atoms with Crippen molar-refractivity contribution in [2.24, 2.45) is 0 Å². The summed E-state index contributed by atoms with van der Waals surface area (Å²) in [7, 11) is 0. The Bertz CT molecular complexity index is 1050. The van der Waals surface area contributed by atoms with Gasteiger partial charge in [0.05, 0.1) is 0 Å². The Kier molecular flexibility index (Phi) is 7.41. The summed E-state index contributed by atoms with van der Waals surface area (Å²) in [5, 5.41) is 4.19.